The molecule has 0 aliphatic carbocycles. The summed E-state index contributed by atoms with van der Waals surface area (Å²) in [6, 6.07) is 0. The third kappa shape index (κ3) is 5.57. The van der Waals surface area contributed by atoms with Gasteiger partial charge in [-0.25, -0.2) is 9.18 Å². The maximum Gasteiger partial charge on any atom is 0.410 e. The zero-order valence-electron chi connectivity index (χ0n) is 9.79. The molecule has 1 aliphatic rings. The standard InChI is InChI=1S/C9H16FNO2.CH4O/c1-9(2,3)13-8(12)11-5-4-7(10)6-11;1-2/h7H,4-6H2,1-3H3;2H,1H3. The second-order valence-electron chi connectivity index (χ2n) is 4.31. The van der Waals surface area contributed by atoms with Gasteiger partial charge < -0.3 is 14.7 Å². The van der Waals surface area contributed by atoms with Crippen LogP contribution in [0.1, 0.15) is 27.2 Å². The minimum atomic E-state index is -0.882. The normalized spacial score (nSPS) is 20.7. The minimum absolute atomic E-state index is 0.176. The van der Waals surface area contributed by atoms with Crippen LogP contribution < -0.4 is 0 Å². The van der Waals surface area contributed by atoms with Crippen LogP contribution in [-0.4, -0.2) is 48.1 Å². The molecule has 0 saturated carbocycles. The van der Waals surface area contributed by atoms with Gasteiger partial charge in [0.2, 0.25) is 0 Å². The molecule has 1 atom stereocenters. The number of alkyl halides is 1. The first-order valence-corrected chi connectivity index (χ1v) is 4.95. The Bertz CT molecular complexity index is 203. The Balaban J connectivity index is 0.000000921. The van der Waals surface area contributed by atoms with Gasteiger partial charge in [0.15, 0.2) is 0 Å². The van der Waals surface area contributed by atoms with E-state index in [9.17, 15) is 9.18 Å². The van der Waals surface area contributed by atoms with Crippen LogP contribution in [0.25, 0.3) is 0 Å². The summed E-state index contributed by atoms with van der Waals surface area (Å²) < 4.78 is 17.8. The van der Waals surface area contributed by atoms with Crippen molar-refractivity contribution in [2.24, 2.45) is 0 Å². The highest BCUT2D eigenvalue weighted by Gasteiger charge is 2.29. The van der Waals surface area contributed by atoms with Gasteiger partial charge in [0.05, 0.1) is 6.54 Å². The molecule has 1 rings (SSSR count). The van der Waals surface area contributed by atoms with Crippen LogP contribution >= 0.6 is 0 Å². The van der Waals surface area contributed by atoms with E-state index >= 15 is 0 Å². The van der Waals surface area contributed by atoms with Crippen molar-refractivity contribution in [1.29, 1.82) is 0 Å². The van der Waals surface area contributed by atoms with E-state index in [2.05, 4.69) is 0 Å². The van der Waals surface area contributed by atoms with Crippen molar-refractivity contribution in [3.63, 3.8) is 0 Å². The van der Waals surface area contributed by atoms with Gasteiger partial charge in [0.1, 0.15) is 11.8 Å². The van der Waals surface area contributed by atoms with Crippen molar-refractivity contribution in [3.05, 3.63) is 0 Å². The van der Waals surface area contributed by atoms with E-state index in [-0.39, 0.29) is 6.54 Å². The molecule has 0 aromatic carbocycles. The molecular formula is C10H20FNO3. The summed E-state index contributed by atoms with van der Waals surface area (Å²) in [5, 5.41) is 7.00. The number of aliphatic hydroxyl groups is 1. The molecular weight excluding hydrogens is 201 g/mol. The van der Waals surface area contributed by atoms with Gasteiger partial charge in [-0.15, -0.1) is 0 Å². The summed E-state index contributed by atoms with van der Waals surface area (Å²) in [7, 11) is 1.00. The summed E-state index contributed by atoms with van der Waals surface area (Å²) >= 11 is 0. The van der Waals surface area contributed by atoms with Gasteiger partial charge in [0, 0.05) is 13.7 Å². The number of carbonyl (C=O) groups excluding carboxylic acids is 1. The fourth-order valence-corrected chi connectivity index (χ4v) is 1.21. The Hall–Kier alpha value is -0.840. The van der Waals surface area contributed by atoms with Crippen molar-refractivity contribution < 1.29 is 19.0 Å². The number of halogens is 1. The zero-order chi connectivity index (χ0) is 12.1. The minimum Gasteiger partial charge on any atom is -0.444 e. The first kappa shape index (κ1) is 14.2. The van der Waals surface area contributed by atoms with Crippen LogP contribution in [0.15, 0.2) is 0 Å². The highest BCUT2D eigenvalue weighted by Crippen LogP contribution is 2.16. The van der Waals surface area contributed by atoms with Gasteiger partial charge in [-0.2, -0.15) is 0 Å². The Morgan fingerprint density at radius 1 is 1.47 bits per heavy atom. The van der Waals surface area contributed by atoms with Crippen LogP contribution in [0, 0.1) is 0 Å². The predicted octanol–water partition coefficient (Wildman–Crippen LogP) is 1.57. The van der Waals surface area contributed by atoms with E-state index in [1.165, 1.54) is 4.90 Å². The fraction of sp³-hybridized carbons (Fsp3) is 0.900. The molecule has 1 saturated heterocycles. The summed E-state index contributed by atoms with van der Waals surface area (Å²) in [5.41, 5.74) is -0.495. The van der Waals surface area contributed by atoms with Crippen LogP contribution in [-0.2, 0) is 4.74 Å². The molecule has 1 aliphatic heterocycles. The first-order chi connectivity index (χ1) is 6.88. The molecule has 90 valence electrons. The Labute approximate surface area is 90.0 Å². The number of rotatable bonds is 0. The average Bonchev–Trinajstić information content (AvgIpc) is 2.52. The van der Waals surface area contributed by atoms with Crippen molar-refractivity contribution >= 4 is 6.09 Å². The Morgan fingerprint density at radius 3 is 2.33 bits per heavy atom. The SMILES string of the molecule is CC(C)(C)OC(=O)N1CCC(F)C1.CO. The first-order valence-electron chi connectivity index (χ1n) is 4.95. The van der Waals surface area contributed by atoms with E-state index in [1.54, 1.807) is 20.8 Å². The topological polar surface area (TPSA) is 49.8 Å². The average molecular weight is 221 g/mol. The molecule has 0 aromatic heterocycles. The molecule has 1 amide bonds. The fourth-order valence-electron chi connectivity index (χ4n) is 1.21. The van der Waals surface area contributed by atoms with Crippen LogP contribution in [0.3, 0.4) is 0 Å². The molecule has 5 heteroatoms. The van der Waals surface area contributed by atoms with Gasteiger partial charge in [-0.3, -0.25) is 0 Å². The van der Waals surface area contributed by atoms with Crippen LogP contribution in [0.5, 0.6) is 0 Å². The lowest BCUT2D eigenvalue weighted by molar-refractivity contribution is 0.0284. The molecule has 0 aromatic rings. The molecule has 1 fully saturated rings. The van der Waals surface area contributed by atoms with Gasteiger partial charge in [-0.05, 0) is 27.2 Å². The second-order valence-corrected chi connectivity index (χ2v) is 4.31. The zero-order valence-corrected chi connectivity index (χ0v) is 9.79. The van der Waals surface area contributed by atoms with Crippen molar-refractivity contribution in [1.82, 2.24) is 4.90 Å². The van der Waals surface area contributed by atoms with Crippen molar-refractivity contribution in [2.75, 3.05) is 20.2 Å². The molecule has 0 spiro atoms. The lowest BCUT2D eigenvalue weighted by atomic mass is 10.2. The van der Waals surface area contributed by atoms with E-state index < -0.39 is 17.9 Å². The van der Waals surface area contributed by atoms with E-state index in [0.29, 0.717) is 13.0 Å². The molecule has 1 heterocycles. The number of ether oxygens (including phenoxy) is 1. The van der Waals surface area contributed by atoms with Gasteiger partial charge >= 0.3 is 6.09 Å². The molecule has 1 N–H and O–H groups in total. The lowest BCUT2D eigenvalue weighted by Gasteiger charge is -2.23. The monoisotopic (exact) mass is 221 g/mol. The van der Waals surface area contributed by atoms with Gasteiger partial charge in [0.25, 0.3) is 0 Å². The smallest absolute Gasteiger partial charge is 0.410 e. The number of amides is 1. The summed E-state index contributed by atoms with van der Waals surface area (Å²) in [6.45, 7) is 6.04. The summed E-state index contributed by atoms with van der Waals surface area (Å²) in [6.07, 6.45) is -0.862. The number of hydrogen-bond acceptors (Lipinski definition) is 3. The van der Waals surface area contributed by atoms with E-state index in [4.69, 9.17) is 9.84 Å². The summed E-state index contributed by atoms with van der Waals surface area (Å²) in [5.74, 6) is 0. The largest absolute Gasteiger partial charge is 0.444 e. The third-order valence-electron chi connectivity index (χ3n) is 1.78. The van der Waals surface area contributed by atoms with Crippen LogP contribution in [0.4, 0.5) is 9.18 Å². The number of carbonyl (C=O) groups is 1. The second kappa shape index (κ2) is 5.90. The highest BCUT2D eigenvalue weighted by atomic mass is 19.1. The lowest BCUT2D eigenvalue weighted by Crippen LogP contribution is -2.35. The number of likely N-dealkylation sites (tertiary alicyclic amines) is 1. The van der Waals surface area contributed by atoms with Crippen molar-refractivity contribution in [3.8, 4) is 0 Å². The van der Waals surface area contributed by atoms with E-state index in [1.807, 2.05) is 0 Å². The quantitative estimate of drug-likeness (QED) is 0.675. The molecule has 15 heavy (non-hydrogen) atoms. The predicted molar refractivity (Wildman–Crippen MR) is 55.5 cm³/mol. The highest BCUT2D eigenvalue weighted by molar-refractivity contribution is 5.68. The Morgan fingerprint density at radius 2 is 2.00 bits per heavy atom. The molecule has 4 nitrogen and oxygen atoms in total. The Kier molecular flexibility index (Phi) is 5.57. The van der Waals surface area contributed by atoms with Crippen molar-refractivity contribution in [2.45, 2.75) is 39.0 Å². The van der Waals surface area contributed by atoms with Crippen LogP contribution in [0.2, 0.25) is 0 Å². The maximum absolute atomic E-state index is 12.7. The molecule has 0 radical (unpaired) electrons. The summed E-state index contributed by atoms with van der Waals surface area (Å²) in [4.78, 5) is 12.8. The third-order valence-corrected chi connectivity index (χ3v) is 1.78. The molecule has 0 bridgehead atoms. The number of aliphatic hydroxyl groups excluding tert-OH is 1. The maximum atomic E-state index is 12.7. The molecule has 1 unspecified atom stereocenters. The van der Waals surface area contributed by atoms with Gasteiger partial charge in [-0.1, -0.05) is 0 Å². The number of nitrogens with zero attached hydrogens (tertiary/aromatic N) is 1. The van der Waals surface area contributed by atoms with E-state index in [0.717, 1.165) is 7.11 Å². The number of hydrogen-bond donors (Lipinski definition) is 1.